The summed E-state index contributed by atoms with van der Waals surface area (Å²) >= 11 is 6.10. The van der Waals surface area contributed by atoms with E-state index in [0.29, 0.717) is 49.9 Å². The molecule has 0 aliphatic carbocycles. The number of methoxy groups -OCH3 is 1. The summed E-state index contributed by atoms with van der Waals surface area (Å²) in [6.07, 6.45) is 0. The van der Waals surface area contributed by atoms with Crippen LogP contribution in [0.5, 0.6) is 5.88 Å². The Kier molecular flexibility index (Phi) is 8.53. The van der Waals surface area contributed by atoms with Crippen molar-refractivity contribution in [2.24, 2.45) is 0 Å². The zero-order valence-electron chi connectivity index (χ0n) is 12.3. The first kappa shape index (κ1) is 17.2. The lowest BCUT2D eigenvalue weighted by Crippen LogP contribution is -2.22. The number of rotatable bonds is 10. The van der Waals surface area contributed by atoms with E-state index >= 15 is 0 Å². The summed E-state index contributed by atoms with van der Waals surface area (Å²) in [5, 5.41) is 3.92. The second-order valence-electron chi connectivity index (χ2n) is 4.57. The fraction of sp³-hybridized carbons (Fsp3) is 0.643. The molecule has 0 saturated carbocycles. The molecule has 0 unspecified atom stereocenters. The molecule has 1 N–H and O–H groups in total. The molecule has 0 atom stereocenters. The van der Waals surface area contributed by atoms with Gasteiger partial charge in [0.05, 0.1) is 30.5 Å². The van der Waals surface area contributed by atoms with Crippen molar-refractivity contribution in [3.05, 3.63) is 22.8 Å². The van der Waals surface area contributed by atoms with E-state index < -0.39 is 0 Å². The van der Waals surface area contributed by atoms with Crippen LogP contribution < -0.4 is 10.1 Å². The van der Waals surface area contributed by atoms with Gasteiger partial charge in [-0.1, -0.05) is 25.4 Å². The van der Waals surface area contributed by atoms with Gasteiger partial charge in [-0.05, 0) is 6.07 Å². The van der Waals surface area contributed by atoms with E-state index in [1.807, 2.05) is 0 Å². The van der Waals surface area contributed by atoms with Crippen LogP contribution in [0.25, 0.3) is 0 Å². The minimum absolute atomic E-state index is 0.381. The third-order valence-corrected chi connectivity index (χ3v) is 2.82. The number of hydrogen-bond acceptors (Lipinski definition) is 5. The van der Waals surface area contributed by atoms with Crippen LogP contribution in [-0.2, 0) is 16.0 Å². The second kappa shape index (κ2) is 9.94. The van der Waals surface area contributed by atoms with E-state index in [1.165, 1.54) is 0 Å². The summed E-state index contributed by atoms with van der Waals surface area (Å²) in [6.45, 7) is 6.89. The molecule has 0 fully saturated rings. The number of aromatic nitrogens is 1. The highest BCUT2D eigenvalue weighted by Gasteiger charge is 2.05. The first-order valence-electron chi connectivity index (χ1n) is 6.71. The van der Waals surface area contributed by atoms with Crippen molar-refractivity contribution in [1.29, 1.82) is 0 Å². The fourth-order valence-corrected chi connectivity index (χ4v) is 1.59. The van der Waals surface area contributed by atoms with Gasteiger partial charge in [0.1, 0.15) is 6.61 Å². The van der Waals surface area contributed by atoms with Gasteiger partial charge in [0.2, 0.25) is 5.88 Å². The Morgan fingerprint density at radius 2 is 1.95 bits per heavy atom. The highest BCUT2D eigenvalue weighted by atomic mass is 35.5. The van der Waals surface area contributed by atoms with E-state index in [1.54, 1.807) is 19.2 Å². The van der Waals surface area contributed by atoms with Gasteiger partial charge < -0.3 is 19.5 Å². The molecule has 0 saturated heterocycles. The van der Waals surface area contributed by atoms with Crippen LogP contribution in [0.4, 0.5) is 0 Å². The van der Waals surface area contributed by atoms with Crippen molar-refractivity contribution < 1.29 is 14.2 Å². The summed E-state index contributed by atoms with van der Waals surface area (Å²) in [6, 6.07) is 3.94. The molecule has 20 heavy (non-hydrogen) atoms. The van der Waals surface area contributed by atoms with Gasteiger partial charge in [-0.2, -0.15) is 0 Å². The topological polar surface area (TPSA) is 52.6 Å². The van der Waals surface area contributed by atoms with Gasteiger partial charge in [0, 0.05) is 25.8 Å². The van der Waals surface area contributed by atoms with Gasteiger partial charge in [0.15, 0.2) is 0 Å². The molecule has 114 valence electrons. The number of nitrogens with one attached hydrogen (secondary N) is 1. The first-order valence-corrected chi connectivity index (χ1v) is 7.09. The molecule has 6 heteroatoms. The second-order valence-corrected chi connectivity index (χ2v) is 4.97. The van der Waals surface area contributed by atoms with Crippen LogP contribution in [0, 0.1) is 0 Å². The van der Waals surface area contributed by atoms with Crippen molar-refractivity contribution in [3.8, 4) is 5.88 Å². The molecule has 0 aliphatic rings. The van der Waals surface area contributed by atoms with Crippen molar-refractivity contribution in [2.75, 3.05) is 33.5 Å². The molecule has 0 bridgehead atoms. The van der Waals surface area contributed by atoms with Crippen molar-refractivity contribution in [1.82, 2.24) is 10.3 Å². The van der Waals surface area contributed by atoms with Crippen LogP contribution in [0.2, 0.25) is 5.02 Å². The Morgan fingerprint density at radius 3 is 2.65 bits per heavy atom. The lowest BCUT2D eigenvalue weighted by Gasteiger charge is -2.11. The highest BCUT2D eigenvalue weighted by molar-refractivity contribution is 6.31. The minimum Gasteiger partial charge on any atom is -0.475 e. The number of halogens is 1. The monoisotopic (exact) mass is 302 g/mol. The summed E-state index contributed by atoms with van der Waals surface area (Å²) in [7, 11) is 1.64. The minimum atomic E-state index is 0.381. The molecular weight excluding hydrogens is 280 g/mol. The van der Waals surface area contributed by atoms with Gasteiger partial charge >= 0.3 is 0 Å². The predicted molar refractivity (Wildman–Crippen MR) is 79.4 cm³/mol. The average Bonchev–Trinajstić information content (AvgIpc) is 2.42. The quantitative estimate of drug-likeness (QED) is 0.672. The molecule has 1 heterocycles. The van der Waals surface area contributed by atoms with Crippen LogP contribution in [0.15, 0.2) is 12.1 Å². The third-order valence-electron chi connectivity index (χ3n) is 2.48. The van der Waals surface area contributed by atoms with Crippen LogP contribution in [0.3, 0.4) is 0 Å². The van der Waals surface area contributed by atoms with Gasteiger partial charge in [-0.25, -0.2) is 4.98 Å². The number of ether oxygens (including phenoxy) is 3. The van der Waals surface area contributed by atoms with E-state index in [0.717, 1.165) is 5.69 Å². The maximum Gasteiger partial charge on any atom is 0.213 e. The molecule has 0 radical (unpaired) electrons. The smallest absolute Gasteiger partial charge is 0.213 e. The molecule has 5 nitrogen and oxygen atoms in total. The Morgan fingerprint density at radius 1 is 1.20 bits per heavy atom. The standard InChI is InChI=1S/C14H23ClN2O3/c1-11(2)16-10-13-12(15)4-5-14(17-13)20-9-8-19-7-6-18-3/h4-5,11,16H,6-10H2,1-3H3. The van der Waals surface area contributed by atoms with Gasteiger partial charge in [-0.15, -0.1) is 0 Å². The highest BCUT2D eigenvalue weighted by Crippen LogP contribution is 2.18. The van der Waals surface area contributed by atoms with E-state index in [9.17, 15) is 0 Å². The molecule has 0 spiro atoms. The third kappa shape index (κ3) is 7.05. The van der Waals surface area contributed by atoms with Crippen molar-refractivity contribution >= 4 is 11.6 Å². The normalized spacial score (nSPS) is 11.1. The zero-order chi connectivity index (χ0) is 14.8. The SMILES string of the molecule is COCCOCCOc1ccc(Cl)c(CNC(C)C)n1. The molecule has 1 aromatic heterocycles. The Hall–Kier alpha value is -0.880. The lowest BCUT2D eigenvalue weighted by atomic mass is 10.3. The molecular formula is C14H23ClN2O3. The summed E-state index contributed by atoms with van der Waals surface area (Å²) < 4.78 is 15.7. The van der Waals surface area contributed by atoms with E-state index in [4.69, 9.17) is 25.8 Å². The molecule has 0 aliphatic heterocycles. The molecule has 1 aromatic rings. The summed E-state index contributed by atoms with van der Waals surface area (Å²) in [4.78, 5) is 4.38. The Labute approximate surface area is 125 Å². The maximum absolute atomic E-state index is 6.10. The van der Waals surface area contributed by atoms with E-state index in [-0.39, 0.29) is 0 Å². The van der Waals surface area contributed by atoms with Crippen molar-refractivity contribution in [3.63, 3.8) is 0 Å². The number of hydrogen-bond donors (Lipinski definition) is 1. The number of nitrogens with zero attached hydrogens (tertiary/aromatic N) is 1. The van der Waals surface area contributed by atoms with Crippen LogP contribution in [-0.4, -0.2) is 44.6 Å². The predicted octanol–water partition coefficient (Wildman–Crippen LogP) is 2.27. The molecule has 0 aromatic carbocycles. The van der Waals surface area contributed by atoms with E-state index in [2.05, 4.69) is 24.1 Å². The average molecular weight is 303 g/mol. The van der Waals surface area contributed by atoms with Gasteiger partial charge in [0.25, 0.3) is 0 Å². The fourth-order valence-electron chi connectivity index (χ4n) is 1.42. The number of pyridine rings is 1. The van der Waals surface area contributed by atoms with Crippen molar-refractivity contribution in [2.45, 2.75) is 26.4 Å². The Balaban J connectivity index is 2.36. The van der Waals surface area contributed by atoms with Gasteiger partial charge in [-0.3, -0.25) is 0 Å². The lowest BCUT2D eigenvalue weighted by molar-refractivity contribution is 0.0536. The molecule has 1 rings (SSSR count). The summed E-state index contributed by atoms with van der Waals surface area (Å²) in [5.41, 5.74) is 0.790. The Bertz CT molecular complexity index is 389. The zero-order valence-corrected chi connectivity index (χ0v) is 13.1. The molecule has 0 amide bonds. The van der Waals surface area contributed by atoms with Crippen LogP contribution >= 0.6 is 11.6 Å². The van der Waals surface area contributed by atoms with Crippen LogP contribution in [0.1, 0.15) is 19.5 Å². The largest absolute Gasteiger partial charge is 0.475 e. The maximum atomic E-state index is 6.10. The summed E-state index contributed by atoms with van der Waals surface area (Å²) in [5.74, 6) is 0.560. The first-order chi connectivity index (χ1) is 9.63.